The van der Waals surface area contributed by atoms with Gasteiger partial charge in [0.05, 0.1) is 11.0 Å². The highest BCUT2D eigenvalue weighted by Gasteiger charge is 2.06. The average Bonchev–Trinajstić information content (AvgIpc) is 2.95. The highest BCUT2D eigenvalue weighted by molar-refractivity contribution is 7.98. The Kier molecular flexibility index (Phi) is 3.53. The number of aromatic amines is 1. The first kappa shape index (κ1) is 13.7. The van der Waals surface area contributed by atoms with Crippen molar-refractivity contribution in [3.63, 3.8) is 0 Å². The molecule has 4 aromatic rings. The molecular formula is C18H13ClN2S. The van der Waals surface area contributed by atoms with Crippen molar-refractivity contribution in [2.24, 2.45) is 0 Å². The number of thioether (sulfide) groups is 1. The second kappa shape index (κ2) is 5.67. The third-order valence-electron chi connectivity index (χ3n) is 3.67. The Morgan fingerprint density at radius 3 is 2.82 bits per heavy atom. The molecule has 1 heterocycles. The molecular weight excluding hydrogens is 312 g/mol. The summed E-state index contributed by atoms with van der Waals surface area (Å²) in [6.07, 6.45) is 0. The van der Waals surface area contributed by atoms with Crippen molar-refractivity contribution in [3.05, 3.63) is 71.2 Å². The van der Waals surface area contributed by atoms with Crippen LogP contribution in [0, 0.1) is 0 Å². The Balaban J connectivity index is 1.62. The Labute approximate surface area is 137 Å². The van der Waals surface area contributed by atoms with Gasteiger partial charge >= 0.3 is 0 Å². The van der Waals surface area contributed by atoms with Crippen LogP contribution in [0.25, 0.3) is 21.8 Å². The van der Waals surface area contributed by atoms with E-state index < -0.39 is 0 Å². The SMILES string of the molecule is Clc1ccc2nc(SCc3cccc4ccccc34)[nH]c2c1. The first-order valence-corrected chi connectivity index (χ1v) is 8.41. The smallest absolute Gasteiger partial charge is 0.166 e. The highest BCUT2D eigenvalue weighted by atomic mass is 35.5. The lowest BCUT2D eigenvalue weighted by Gasteiger charge is -2.04. The van der Waals surface area contributed by atoms with E-state index in [1.54, 1.807) is 11.8 Å². The fourth-order valence-electron chi connectivity index (χ4n) is 2.59. The van der Waals surface area contributed by atoms with Crippen LogP contribution in [0.3, 0.4) is 0 Å². The molecule has 0 bridgehead atoms. The molecule has 108 valence electrons. The summed E-state index contributed by atoms with van der Waals surface area (Å²) in [6, 6.07) is 20.6. The van der Waals surface area contributed by atoms with E-state index in [2.05, 4.69) is 52.4 Å². The number of nitrogens with zero attached hydrogens (tertiary/aromatic N) is 1. The summed E-state index contributed by atoms with van der Waals surface area (Å²) < 4.78 is 0. The monoisotopic (exact) mass is 324 g/mol. The van der Waals surface area contributed by atoms with Crippen molar-refractivity contribution in [2.75, 3.05) is 0 Å². The lowest BCUT2D eigenvalue weighted by Crippen LogP contribution is -1.84. The third kappa shape index (κ3) is 2.58. The first-order chi connectivity index (χ1) is 10.8. The summed E-state index contributed by atoms with van der Waals surface area (Å²) >= 11 is 7.72. The third-order valence-corrected chi connectivity index (χ3v) is 4.82. The number of rotatable bonds is 3. The number of nitrogens with one attached hydrogen (secondary N) is 1. The Bertz CT molecular complexity index is 956. The first-order valence-electron chi connectivity index (χ1n) is 7.04. The number of hydrogen-bond donors (Lipinski definition) is 1. The van der Waals surface area contributed by atoms with Crippen LogP contribution in [0.2, 0.25) is 5.02 Å². The van der Waals surface area contributed by atoms with Gasteiger partial charge in [-0.3, -0.25) is 0 Å². The zero-order chi connectivity index (χ0) is 14.9. The maximum atomic E-state index is 6.01. The van der Waals surface area contributed by atoms with Crippen molar-refractivity contribution >= 4 is 45.2 Å². The number of fused-ring (bicyclic) bond motifs is 2. The molecule has 0 unspecified atom stereocenters. The van der Waals surface area contributed by atoms with Gasteiger partial charge in [0.2, 0.25) is 0 Å². The van der Waals surface area contributed by atoms with Crippen molar-refractivity contribution in [1.29, 1.82) is 0 Å². The topological polar surface area (TPSA) is 28.7 Å². The number of aromatic nitrogens is 2. The van der Waals surface area contributed by atoms with E-state index in [1.165, 1.54) is 16.3 Å². The maximum absolute atomic E-state index is 6.01. The summed E-state index contributed by atoms with van der Waals surface area (Å²) in [5, 5.41) is 4.22. The number of imidazole rings is 1. The van der Waals surface area contributed by atoms with E-state index in [0.717, 1.165) is 27.0 Å². The average molecular weight is 325 g/mol. The zero-order valence-corrected chi connectivity index (χ0v) is 13.3. The second-order valence-electron chi connectivity index (χ2n) is 5.13. The normalized spacial score (nSPS) is 11.3. The molecule has 3 aromatic carbocycles. The van der Waals surface area contributed by atoms with Crippen molar-refractivity contribution < 1.29 is 0 Å². The quantitative estimate of drug-likeness (QED) is 0.492. The van der Waals surface area contributed by atoms with Crippen LogP contribution >= 0.6 is 23.4 Å². The number of hydrogen-bond acceptors (Lipinski definition) is 2. The molecule has 1 aromatic heterocycles. The van der Waals surface area contributed by atoms with Crippen molar-refractivity contribution in [2.45, 2.75) is 10.9 Å². The largest absolute Gasteiger partial charge is 0.333 e. The minimum Gasteiger partial charge on any atom is -0.333 e. The van der Waals surface area contributed by atoms with E-state index in [1.807, 2.05) is 18.2 Å². The highest BCUT2D eigenvalue weighted by Crippen LogP contribution is 2.27. The molecule has 2 nitrogen and oxygen atoms in total. The molecule has 4 heteroatoms. The predicted molar refractivity (Wildman–Crippen MR) is 94.6 cm³/mol. The molecule has 0 aliphatic rings. The minimum atomic E-state index is 0.724. The van der Waals surface area contributed by atoms with Gasteiger partial charge in [0.15, 0.2) is 5.16 Å². The van der Waals surface area contributed by atoms with Gasteiger partial charge in [-0.15, -0.1) is 0 Å². The molecule has 1 N–H and O–H groups in total. The molecule has 0 amide bonds. The van der Waals surface area contributed by atoms with E-state index in [0.29, 0.717) is 0 Å². The summed E-state index contributed by atoms with van der Waals surface area (Å²) in [5.41, 5.74) is 3.25. The lowest BCUT2D eigenvalue weighted by molar-refractivity contribution is 1.08. The van der Waals surface area contributed by atoms with E-state index in [9.17, 15) is 0 Å². The second-order valence-corrected chi connectivity index (χ2v) is 6.53. The van der Waals surface area contributed by atoms with Crippen LogP contribution < -0.4 is 0 Å². The minimum absolute atomic E-state index is 0.724. The molecule has 0 fully saturated rings. The number of H-pyrrole nitrogens is 1. The van der Waals surface area contributed by atoms with Gasteiger partial charge in [-0.1, -0.05) is 65.8 Å². The Morgan fingerprint density at radius 1 is 1.00 bits per heavy atom. The molecule has 4 rings (SSSR count). The van der Waals surface area contributed by atoms with E-state index in [-0.39, 0.29) is 0 Å². The van der Waals surface area contributed by atoms with E-state index >= 15 is 0 Å². The van der Waals surface area contributed by atoms with Crippen LogP contribution in [0.1, 0.15) is 5.56 Å². The molecule has 0 spiro atoms. The fourth-order valence-corrected chi connectivity index (χ4v) is 3.65. The lowest BCUT2D eigenvalue weighted by atomic mass is 10.1. The standard InChI is InChI=1S/C18H13ClN2S/c19-14-8-9-16-17(10-14)21-18(20-16)22-11-13-6-3-5-12-4-1-2-7-15(12)13/h1-10H,11H2,(H,20,21). The Hall–Kier alpha value is -1.97. The van der Waals surface area contributed by atoms with Crippen LogP contribution in [0.15, 0.2) is 65.8 Å². The summed E-state index contributed by atoms with van der Waals surface area (Å²) in [5.74, 6) is 0.884. The number of benzene rings is 3. The Morgan fingerprint density at radius 2 is 1.86 bits per heavy atom. The molecule has 0 aliphatic heterocycles. The molecule has 22 heavy (non-hydrogen) atoms. The van der Waals surface area contributed by atoms with Crippen LogP contribution in [0.4, 0.5) is 0 Å². The molecule has 0 radical (unpaired) electrons. The molecule has 0 saturated carbocycles. The van der Waals surface area contributed by atoms with Crippen molar-refractivity contribution in [1.82, 2.24) is 9.97 Å². The summed E-state index contributed by atoms with van der Waals surface area (Å²) in [4.78, 5) is 7.92. The van der Waals surface area contributed by atoms with Gasteiger partial charge in [0.1, 0.15) is 0 Å². The molecule has 0 atom stereocenters. The van der Waals surface area contributed by atoms with Crippen LogP contribution in [0.5, 0.6) is 0 Å². The maximum Gasteiger partial charge on any atom is 0.166 e. The molecule has 0 aliphatic carbocycles. The van der Waals surface area contributed by atoms with Gasteiger partial charge in [0.25, 0.3) is 0 Å². The van der Waals surface area contributed by atoms with E-state index in [4.69, 9.17) is 11.6 Å². The molecule has 0 saturated heterocycles. The van der Waals surface area contributed by atoms with Crippen molar-refractivity contribution in [3.8, 4) is 0 Å². The van der Waals surface area contributed by atoms with Gasteiger partial charge in [0, 0.05) is 10.8 Å². The van der Waals surface area contributed by atoms with Crippen LogP contribution in [-0.4, -0.2) is 9.97 Å². The summed E-state index contributed by atoms with van der Waals surface area (Å²) in [7, 11) is 0. The predicted octanol–water partition coefficient (Wildman–Crippen LogP) is 5.66. The van der Waals surface area contributed by atoms with Gasteiger partial charge in [-0.25, -0.2) is 4.98 Å². The number of halogens is 1. The van der Waals surface area contributed by atoms with Gasteiger partial charge in [-0.2, -0.15) is 0 Å². The fraction of sp³-hybridized carbons (Fsp3) is 0.0556. The van der Waals surface area contributed by atoms with Gasteiger partial charge < -0.3 is 4.98 Å². The van der Waals surface area contributed by atoms with Gasteiger partial charge in [-0.05, 0) is 34.5 Å². The van der Waals surface area contributed by atoms with Crippen LogP contribution in [-0.2, 0) is 5.75 Å². The summed E-state index contributed by atoms with van der Waals surface area (Å²) in [6.45, 7) is 0. The zero-order valence-electron chi connectivity index (χ0n) is 11.7.